The minimum Gasteiger partial charge on any atom is -0.298 e. The standard InChI is InChI=1S/C21H27N3O3S/c1-28(26,27)22-20-9-7-18(8-10-20)15-21(25)17-24-13-11-23(12-14-24)16-19-5-3-2-4-6-19/h2-10,22H,11-17H2,1H3. The van der Waals surface area contributed by atoms with Crippen LogP contribution in [0.15, 0.2) is 54.6 Å². The topological polar surface area (TPSA) is 69.7 Å². The number of hydrogen-bond acceptors (Lipinski definition) is 5. The average Bonchev–Trinajstić information content (AvgIpc) is 2.65. The van der Waals surface area contributed by atoms with E-state index >= 15 is 0 Å². The van der Waals surface area contributed by atoms with Crippen LogP contribution >= 0.6 is 0 Å². The van der Waals surface area contributed by atoms with Crippen LogP contribution < -0.4 is 4.72 Å². The van der Waals surface area contributed by atoms with Crippen molar-refractivity contribution in [2.24, 2.45) is 0 Å². The van der Waals surface area contributed by atoms with Crippen molar-refractivity contribution in [3.8, 4) is 0 Å². The summed E-state index contributed by atoms with van der Waals surface area (Å²) >= 11 is 0. The van der Waals surface area contributed by atoms with E-state index < -0.39 is 10.0 Å². The van der Waals surface area contributed by atoms with Gasteiger partial charge in [0.15, 0.2) is 5.78 Å². The molecule has 150 valence electrons. The Kier molecular flexibility index (Phi) is 6.83. The molecular formula is C21H27N3O3S. The van der Waals surface area contributed by atoms with Crippen molar-refractivity contribution in [3.05, 3.63) is 65.7 Å². The number of carbonyl (C=O) groups is 1. The van der Waals surface area contributed by atoms with E-state index in [1.807, 2.05) is 6.07 Å². The summed E-state index contributed by atoms with van der Waals surface area (Å²) in [5, 5.41) is 0. The molecule has 0 aromatic heterocycles. The number of anilines is 1. The molecule has 1 N–H and O–H groups in total. The molecule has 3 rings (SSSR count). The van der Waals surface area contributed by atoms with Crippen molar-refractivity contribution in [3.63, 3.8) is 0 Å². The zero-order valence-corrected chi connectivity index (χ0v) is 17.0. The summed E-state index contributed by atoms with van der Waals surface area (Å²) < 4.78 is 24.9. The molecule has 0 saturated carbocycles. The first kappa shape index (κ1) is 20.5. The Labute approximate surface area is 167 Å². The minimum absolute atomic E-state index is 0.181. The second kappa shape index (κ2) is 9.32. The first-order chi connectivity index (χ1) is 13.4. The molecule has 1 aliphatic heterocycles. The number of sulfonamides is 1. The Balaban J connectivity index is 1.42. The Bertz CT molecular complexity index is 875. The molecule has 1 heterocycles. The van der Waals surface area contributed by atoms with Crippen LogP contribution in [0.3, 0.4) is 0 Å². The number of Topliss-reactive ketones (excluding diaryl/α,β-unsaturated/α-hetero) is 1. The van der Waals surface area contributed by atoms with Crippen LogP contribution in [0.5, 0.6) is 0 Å². The molecule has 28 heavy (non-hydrogen) atoms. The summed E-state index contributed by atoms with van der Waals surface area (Å²) in [6.07, 6.45) is 1.48. The molecule has 1 fully saturated rings. The van der Waals surface area contributed by atoms with Crippen LogP contribution in [-0.4, -0.2) is 63.0 Å². The number of ketones is 1. The van der Waals surface area contributed by atoms with Gasteiger partial charge in [-0.05, 0) is 23.3 Å². The van der Waals surface area contributed by atoms with E-state index in [4.69, 9.17) is 0 Å². The number of rotatable bonds is 8. The van der Waals surface area contributed by atoms with Crippen molar-refractivity contribution in [1.29, 1.82) is 0 Å². The van der Waals surface area contributed by atoms with Gasteiger partial charge in [0, 0.05) is 44.8 Å². The summed E-state index contributed by atoms with van der Waals surface area (Å²) in [5.74, 6) is 0.181. The number of hydrogen-bond donors (Lipinski definition) is 1. The molecule has 0 atom stereocenters. The maximum absolute atomic E-state index is 12.4. The Hall–Kier alpha value is -2.22. The van der Waals surface area contributed by atoms with Gasteiger partial charge in [0.25, 0.3) is 0 Å². The molecule has 1 aliphatic rings. The van der Waals surface area contributed by atoms with E-state index in [0.29, 0.717) is 18.7 Å². The van der Waals surface area contributed by atoms with Gasteiger partial charge in [-0.15, -0.1) is 0 Å². The summed E-state index contributed by atoms with van der Waals surface area (Å²) in [4.78, 5) is 17.0. The molecular weight excluding hydrogens is 374 g/mol. The molecule has 6 nitrogen and oxygen atoms in total. The molecule has 0 spiro atoms. The number of piperazine rings is 1. The van der Waals surface area contributed by atoms with Crippen molar-refractivity contribution in [2.45, 2.75) is 13.0 Å². The zero-order valence-electron chi connectivity index (χ0n) is 16.2. The van der Waals surface area contributed by atoms with Gasteiger partial charge < -0.3 is 0 Å². The van der Waals surface area contributed by atoms with E-state index in [1.54, 1.807) is 24.3 Å². The quantitative estimate of drug-likeness (QED) is 0.733. The molecule has 0 bridgehead atoms. The van der Waals surface area contributed by atoms with Gasteiger partial charge in [0.1, 0.15) is 0 Å². The SMILES string of the molecule is CS(=O)(=O)Nc1ccc(CC(=O)CN2CCN(Cc3ccccc3)CC2)cc1. The maximum Gasteiger partial charge on any atom is 0.229 e. The van der Waals surface area contributed by atoms with Crippen molar-refractivity contribution >= 4 is 21.5 Å². The lowest BCUT2D eigenvalue weighted by Gasteiger charge is -2.34. The molecule has 0 unspecified atom stereocenters. The van der Waals surface area contributed by atoms with Gasteiger partial charge in [0.2, 0.25) is 10.0 Å². The Morgan fingerprint density at radius 3 is 2.11 bits per heavy atom. The first-order valence-corrected chi connectivity index (χ1v) is 11.3. The van der Waals surface area contributed by atoms with Crippen molar-refractivity contribution in [2.75, 3.05) is 43.7 Å². The van der Waals surface area contributed by atoms with E-state index in [9.17, 15) is 13.2 Å². The Morgan fingerprint density at radius 1 is 0.893 bits per heavy atom. The molecule has 7 heteroatoms. The fraction of sp³-hybridized carbons (Fsp3) is 0.381. The van der Waals surface area contributed by atoms with Crippen molar-refractivity contribution < 1.29 is 13.2 Å². The lowest BCUT2D eigenvalue weighted by molar-refractivity contribution is -0.120. The van der Waals surface area contributed by atoms with Gasteiger partial charge >= 0.3 is 0 Å². The van der Waals surface area contributed by atoms with Crippen LogP contribution in [0.4, 0.5) is 5.69 Å². The predicted octanol–water partition coefficient (Wildman–Crippen LogP) is 1.99. The molecule has 2 aromatic rings. The third-order valence-electron chi connectivity index (χ3n) is 4.77. The highest BCUT2D eigenvalue weighted by atomic mass is 32.2. The van der Waals surface area contributed by atoms with Crippen LogP contribution in [0, 0.1) is 0 Å². The third-order valence-corrected chi connectivity index (χ3v) is 5.38. The fourth-order valence-electron chi connectivity index (χ4n) is 3.38. The summed E-state index contributed by atoms with van der Waals surface area (Å²) in [6, 6.07) is 17.4. The smallest absolute Gasteiger partial charge is 0.229 e. The van der Waals surface area contributed by atoms with E-state index in [0.717, 1.165) is 44.5 Å². The molecule has 0 amide bonds. The lowest BCUT2D eigenvalue weighted by atomic mass is 10.1. The van der Waals surface area contributed by atoms with E-state index in [1.165, 1.54) is 5.56 Å². The summed E-state index contributed by atoms with van der Waals surface area (Å²) in [7, 11) is -3.28. The molecule has 2 aromatic carbocycles. The Morgan fingerprint density at radius 2 is 1.50 bits per heavy atom. The predicted molar refractivity (Wildman–Crippen MR) is 112 cm³/mol. The van der Waals surface area contributed by atoms with Crippen LogP contribution in [0.2, 0.25) is 0 Å². The normalized spacial score (nSPS) is 16.0. The van der Waals surface area contributed by atoms with Crippen LogP contribution in [0.25, 0.3) is 0 Å². The van der Waals surface area contributed by atoms with Gasteiger partial charge in [-0.25, -0.2) is 8.42 Å². The van der Waals surface area contributed by atoms with Gasteiger partial charge in [-0.1, -0.05) is 42.5 Å². The third kappa shape index (κ3) is 6.74. The van der Waals surface area contributed by atoms with E-state index in [-0.39, 0.29) is 5.78 Å². The number of nitrogens with zero attached hydrogens (tertiary/aromatic N) is 2. The zero-order chi connectivity index (χ0) is 20.0. The summed E-state index contributed by atoms with van der Waals surface area (Å²) in [6.45, 7) is 5.15. The largest absolute Gasteiger partial charge is 0.298 e. The minimum atomic E-state index is -3.28. The van der Waals surface area contributed by atoms with Gasteiger partial charge in [0.05, 0.1) is 12.8 Å². The number of carbonyl (C=O) groups excluding carboxylic acids is 1. The van der Waals surface area contributed by atoms with Crippen molar-refractivity contribution in [1.82, 2.24) is 9.80 Å². The maximum atomic E-state index is 12.4. The summed E-state index contributed by atoms with van der Waals surface area (Å²) in [5.41, 5.74) is 2.72. The second-order valence-electron chi connectivity index (χ2n) is 7.32. The highest BCUT2D eigenvalue weighted by Gasteiger charge is 2.19. The van der Waals surface area contributed by atoms with Gasteiger partial charge in [-0.3, -0.25) is 19.3 Å². The first-order valence-electron chi connectivity index (χ1n) is 9.44. The number of benzene rings is 2. The fourth-order valence-corrected chi connectivity index (χ4v) is 3.95. The lowest BCUT2D eigenvalue weighted by Crippen LogP contribution is -2.47. The second-order valence-corrected chi connectivity index (χ2v) is 9.07. The average molecular weight is 402 g/mol. The highest BCUT2D eigenvalue weighted by Crippen LogP contribution is 2.12. The monoisotopic (exact) mass is 401 g/mol. The molecule has 1 saturated heterocycles. The number of nitrogens with one attached hydrogen (secondary N) is 1. The van der Waals surface area contributed by atoms with Gasteiger partial charge in [-0.2, -0.15) is 0 Å². The highest BCUT2D eigenvalue weighted by molar-refractivity contribution is 7.92. The van der Waals surface area contributed by atoms with Crippen LogP contribution in [-0.2, 0) is 27.8 Å². The molecule has 0 aliphatic carbocycles. The van der Waals surface area contributed by atoms with E-state index in [2.05, 4.69) is 38.8 Å². The molecule has 0 radical (unpaired) electrons. The van der Waals surface area contributed by atoms with Crippen LogP contribution in [0.1, 0.15) is 11.1 Å².